The highest BCUT2D eigenvalue weighted by atomic mass is 16.5. The molecule has 2 aromatic carbocycles. The molecule has 0 saturated heterocycles. The average molecular weight is 407 g/mol. The van der Waals surface area contributed by atoms with Crippen molar-refractivity contribution in [1.29, 1.82) is 0 Å². The summed E-state index contributed by atoms with van der Waals surface area (Å²) in [4.78, 5) is 13.0. The van der Waals surface area contributed by atoms with Crippen LogP contribution < -0.4 is 25.3 Å². The number of nitrogens with two attached hydrogens (primary N) is 1. The number of aromatic nitrogens is 2. The van der Waals surface area contributed by atoms with E-state index in [1.54, 1.807) is 27.5 Å². The van der Waals surface area contributed by atoms with Crippen LogP contribution in [0.1, 0.15) is 18.1 Å². The number of nitrogens with one attached hydrogen (secondary N) is 1. The van der Waals surface area contributed by atoms with Gasteiger partial charge in [0.05, 0.1) is 21.3 Å². The fourth-order valence-electron chi connectivity index (χ4n) is 2.97. The molecule has 1 heterocycles. The first-order chi connectivity index (χ1) is 14.5. The monoisotopic (exact) mass is 407 g/mol. The topological polar surface area (TPSA) is 104 Å². The molecule has 3 rings (SSSR count). The lowest BCUT2D eigenvalue weighted by Crippen LogP contribution is -2.07. The van der Waals surface area contributed by atoms with Gasteiger partial charge < -0.3 is 25.3 Å². The van der Waals surface area contributed by atoms with Gasteiger partial charge in [0.2, 0.25) is 5.75 Å². The summed E-state index contributed by atoms with van der Waals surface area (Å²) >= 11 is 0. The normalized spacial score (nSPS) is 11.1. The van der Waals surface area contributed by atoms with Crippen molar-refractivity contribution in [3.63, 3.8) is 0 Å². The maximum atomic E-state index is 6.17. The third kappa shape index (κ3) is 4.96. The fraction of sp³-hybridized carbons (Fsp3) is 0.227. The SMILES string of the molecule is COc1cc(Cc2cnc(/N=C(/C)Nc3ccccc3)nc2N)cc(OC)c1OC. The van der Waals surface area contributed by atoms with Gasteiger partial charge in [0, 0.05) is 23.9 Å². The maximum Gasteiger partial charge on any atom is 0.252 e. The Morgan fingerprint density at radius 3 is 2.27 bits per heavy atom. The first-order valence-corrected chi connectivity index (χ1v) is 9.31. The van der Waals surface area contributed by atoms with E-state index in [4.69, 9.17) is 19.9 Å². The fourth-order valence-corrected chi connectivity index (χ4v) is 2.97. The largest absolute Gasteiger partial charge is 0.493 e. The van der Waals surface area contributed by atoms with E-state index in [-0.39, 0.29) is 0 Å². The molecular formula is C22H25N5O3. The van der Waals surface area contributed by atoms with Crippen LogP contribution in [0.2, 0.25) is 0 Å². The minimum Gasteiger partial charge on any atom is -0.493 e. The number of para-hydroxylation sites is 1. The molecule has 0 fully saturated rings. The van der Waals surface area contributed by atoms with Gasteiger partial charge in [0.15, 0.2) is 11.5 Å². The van der Waals surface area contributed by atoms with Crippen molar-refractivity contribution < 1.29 is 14.2 Å². The molecule has 0 bridgehead atoms. The third-order valence-corrected chi connectivity index (χ3v) is 4.37. The van der Waals surface area contributed by atoms with Crippen LogP contribution in [0.3, 0.4) is 0 Å². The van der Waals surface area contributed by atoms with Gasteiger partial charge in [-0.15, -0.1) is 0 Å². The molecule has 0 radical (unpaired) electrons. The number of anilines is 2. The third-order valence-electron chi connectivity index (χ3n) is 4.37. The lowest BCUT2D eigenvalue weighted by Gasteiger charge is -2.14. The molecule has 3 aromatic rings. The smallest absolute Gasteiger partial charge is 0.252 e. The Hall–Kier alpha value is -3.81. The second-order valence-electron chi connectivity index (χ2n) is 6.48. The van der Waals surface area contributed by atoms with E-state index in [0.717, 1.165) is 16.8 Å². The van der Waals surface area contributed by atoms with E-state index in [9.17, 15) is 0 Å². The second-order valence-corrected chi connectivity index (χ2v) is 6.48. The van der Waals surface area contributed by atoms with E-state index >= 15 is 0 Å². The molecule has 8 heteroatoms. The summed E-state index contributed by atoms with van der Waals surface area (Å²) in [6.45, 7) is 1.84. The van der Waals surface area contributed by atoms with Gasteiger partial charge in [-0.05, 0) is 36.8 Å². The highest BCUT2D eigenvalue weighted by molar-refractivity contribution is 5.94. The number of ether oxygens (including phenoxy) is 3. The van der Waals surface area contributed by atoms with E-state index in [1.807, 2.05) is 49.4 Å². The molecule has 0 amide bonds. The number of methoxy groups -OCH3 is 3. The molecule has 1 aromatic heterocycles. The molecule has 0 atom stereocenters. The number of aliphatic imine (C=N–C) groups is 1. The van der Waals surface area contributed by atoms with Gasteiger partial charge in [-0.25, -0.2) is 4.98 Å². The van der Waals surface area contributed by atoms with Crippen LogP contribution in [0.4, 0.5) is 17.5 Å². The van der Waals surface area contributed by atoms with E-state index < -0.39 is 0 Å². The van der Waals surface area contributed by atoms with Crippen LogP contribution in [0.25, 0.3) is 0 Å². The Kier molecular flexibility index (Phi) is 6.69. The number of hydrogen-bond acceptors (Lipinski definition) is 7. The summed E-state index contributed by atoms with van der Waals surface area (Å²) in [5.41, 5.74) is 8.81. The quantitative estimate of drug-likeness (QED) is 0.453. The molecule has 3 N–H and O–H groups in total. The molecule has 0 aliphatic carbocycles. The highest BCUT2D eigenvalue weighted by Gasteiger charge is 2.14. The molecule has 0 spiro atoms. The van der Waals surface area contributed by atoms with Crippen LogP contribution in [-0.2, 0) is 6.42 Å². The van der Waals surface area contributed by atoms with E-state index in [1.165, 1.54) is 0 Å². The Morgan fingerprint density at radius 2 is 1.70 bits per heavy atom. The number of hydrogen-bond donors (Lipinski definition) is 2. The standard InChI is InChI=1S/C22H25N5O3/c1-14(25-17-8-6-5-7-9-17)26-22-24-13-16(21(23)27-22)10-15-11-18(28-2)20(30-4)19(12-15)29-3/h5-9,11-13H,10H2,1-4H3,(H3,23,24,25,26,27). The number of amidine groups is 1. The number of benzene rings is 2. The second kappa shape index (κ2) is 9.60. The van der Waals surface area contributed by atoms with Crippen LogP contribution in [0.5, 0.6) is 17.2 Å². The Bertz CT molecular complexity index is 1010. The Labute approximate surface area is 175 Å². The van der Waals surface area contributed by atoms with Crippen molar-refractivity contribution in [2.45, 2.75) is 13.3 Å². The van der Waals surface area contributed by atoms with Crippen molar-refractivity contribution >= 4 is 23.3 Å². The summed E-state index contributed by atoms with van der Waals surface area (Å²) in [7, 11) is 4.73. The van der Waals surface area contributed by atoms with Gasteiger partial charge >= 0.3 is 0 Å². The lowest BCUT2D eigenvalue weighted by molar-refractivity contribution is 0.324. The summed E-state index contributed by atoms with van der Waals surface area (Å²) in [5, 5.41) is 3.19. The number of rotatable bonds is 7. The summed E-state index contributed by atoms with van der Waals surface area (Å²) in [6, 6.07) is 13.5. The van der Waals surface area contributed by atoms with Crippen LogP contribution in [-0.4, -0.2) is 37.1 Å². The molecule has 0 aliphatic rings. The van der Waals surface area contributed by atoms with Gasteiger partial charge in [-0.3, -0.25) is 0 Å². The minimum atomic E-state index is 0.294. The lowest BCUT2D eigenvalue weighted by atomic mass is 10.1. The summed E-state index contributed by atoms with van der Waals surface area (Å²) in [5.74, 6) is 3.02. The van der Waals surface area contributed by atoms with Gasteiger partial charge in [-0.1, -0.05) is 18.2 Å². The van der Waals surface area contributed by atoms with Crippen molar-refractivity contribution in [1.82, 2.24) is 9.97 Å². The maximum absolute atomic E-state index is 6.17. The van der Waals surface area contributed by atoms with E-state index in [0.29, 0.717) is 41.3 Å². The molecule has 0 unspecified atom stereocenters. The zero-order chi connectivity index (χ0) is 21.5. The Balaban J connectivity index is 1.80. The average Bonchev–Trinajstić information content (AvgIpc) is 2.75. The highest BCUT2D eigenvalue weighted by Crippen LogP contribution is 2.38. The van der Waals surface area contributed by atoms with Gasteiger partial charge in [0.25, 0.3) is 5.95 Å². The van der Waals surface area contributed by atoms with Crippen LogP contribution in [0.15, 0.2) is 53.7 Å². The first-order valence-electron chi connectivity index (χ1n) is 9.31. The van der Waals surface area contributed by atoms with Gasteiger partial charge in [0.1, 0.15) is 11.7 Å². The van der Waals surface area contributed by atoms with Gasteiger partial charge in [-0.2, -0.15) is 9.98 Å². The van der Waals surface area contributed by atoms with Crippen molar-refractivity contribution in [2.24, 2.45) is 4.99 Å². The molecule has 0 saturated carbocycles. The van der Waals surface area contributed by atoms with Crippen molar-refractivity contribution in [3.05, 3.63) is 59.8 Å². The van der Waals surface area contributed by atoms with E-state index in [2.05, 4.69) is 20.3 Å². The number of nitrogens with zero attached hydrogens (tertiary/aromatic N) is 3. The predicted molar refractivity (Wildman–Crippen MR) is 118 cm³/mol. The zero-order valence-electron chi connectivity index (χ0n) is 17.5. The molecule has 156 valence electrons. The molecule has 8 nitrogen and oxygen atoms in total. The predicted octanol–water partition coefficient (Wildman–Crippen LogP) is 3.84. The number of nitrogen functional groups attached to an aromatic ring is 1. The zero-order valence-corrected chi connectivity index (χ0v) is 17.5. The molecule has 30 heavy (non-hydrogen) atoms. The van der Waals surface area contributed by atoms with Crippen LogP contribution in [0, 0.1) is 0 Å². The first kappa shape index (κ1) is 20.9. The van der Waals surface area contributed by atoms with Crippen LogP contribution >= 0.6 is 0 Å². The Morgan fingerprint density at radius 1 is 1.03 bits per heavy atom. The minimum absolute atomic E-state index is 0.294. The summed E-state index contributed by atoms with van der Waals surface area (Å²) in [6.07, 6.45) is 2.19. The van der Waals surface area contributed by atoms with Crippen molar-refractivity contribution in [3.8, 4) is 17.2 Å². The molecular weight excluding hydrogens is 382 g/mol. The summed E-state index contributed by atoms with van der Waals surface area (Å²) < 4.78 is 16.2. The molecule has 0 aliphatic heterocycles. The van der Waals surface area contributed by atoms with Crippen molar-refractivity contribution in [2.75, 3.05) is 32.4 Å².